The van der Waals surface area contributed by atoms with Gasteiger partial charge in [0.25, 0.3) is 15.9 Å². The van der Waals surface area contributed by atoms with E-state index in [4.69, 9.17) is 11.6 Å². The summed E-state index contributed by atoms with van der Waals surface area (Å²) in [5.74, 6) is -1.67. The van der Waals surface area contributed by atoms with Crippen molar-refractivity contribution in [1.29, 1.82) is 0 Å². The molecule has 31 heavy (non-hydrogen) atoms. The fourth-order valence-electron chi connectivity index (χ4n) is 2.61. The van der Waals surface area contributed by atoms with Crippen LogP contribution >= 0.6 is 11.6 Å². The summed E-state index contributed by atoms with van der Waals surface area (Å²) in [7, 11) is -3.97. The van der Waals surface area contributed by atoms with Crippen LogP contribution in [0.15, 0.2) is 77.7 Å². The molecule has 0 aliphatic heterocycles. The Balaban J connectivity index is 1.67. The molecule has 10 heteroatoms. The van der Waals surface area contributed by atoms with Crippen LogP contribution < -0.4 is 15.6 Å². The smallest absolute Gasteiger partial charge is 0.271 e. The monoisotopic (exact) mass is 461 g/mol. The molecule has 2 amide bonds. The normalized spacial score (nSPS) is 10.9. The molecule has 0 aromatic heterocycles. The van der Waals surface area contributed by atoms with E-state index in [0.29, 0.717) is 10.6 Å². The van der Waals surface area contributed by atoms with Gasteiger partial charge in [-0.15, -0.1) is 0 Å². The van der Waals surface area contributed by atoms with Crippen LogP contribution in [0.2, 0.25) is 5.02 Å². The lowest BCUT2D eigenvalue weighted by molar-refractivity contribution is -0.121. The number of sulfonamides is 1. The first-order chi connectivity index (χ1) is 14.7. The first-order valence-electron chi connectivity index (χ1n) is 8.95. The topological polar surface area (TPSA) is 104 Å². The molecule has 0 saturated heterocycles. The molecule has 160 valence electrons. The molecular weight excluding hydrogens is 445 g/mol. The molecular formula is C21H17ClFN3O4S. The van der Waals surface area contributed by atoms with Crippen LogP contribution in [0.1, 0.15) is 15.9 Å². The van der Waals surface area contributed by atoms with Crippen LogP contribution in [0.4, 0.5) is 10.1 Å². The van der Waals surface area contributed by atoms with Gasteiger partial charge in [0, 0.05) is 5.02 Å². The molecule has 3 rings (SSSR count). The molecule has 0 fully saturated rings. The Morgan fingerprint density at radius 1 is 0.871 bits per heavy atom. The quantitative estimate of drug-likeness (QED) is 0.490. The summed E-state index contributed by atoms with van der Waals surface area (Å²) >= 11 is 5.79. The number of para-hydroxylation sites is 1. The summed E-state index contributed by atoms with van der Waals surface area (Å²) in [4.78, 5) is 24.5. The van der Waals surface area contributed by atoms with Crippen molar-refractivity contribution in [2.24, 2.45) is 0 Å². The van der Waals surface area contributed by atoms with Crippen LogP contribution in [0.25, 0.3) is 0 Å². The molecule has 0 radical (unpaired) electrons. The van der Waals surface area contributed by atoms with E-state index in [1.807, 2.05) is 0 Å². The van der Waals surface area contributed by atoms with Gasteiger partial charge in [-0.05, 0) is 54.1 Å². The van der Waals surface area contributed by atoms with E-state index in [1.165, 1.54) is 60.7 Å². The van der Waals surface area contributed by atoms with E-state index in [1.54, 1.807) is 12.1 Å². The second kappa shape index (κ2) is 9.59. The number of amides is 2. The maximum atomic E-state index is 12.9. The third-order valence-electron chi connectivity index (χ3n) is 4.13. The zero-order valence-electron chi connectivity index (χ0n) is 15.9. The van der Waals surface area contributed by atoms with Gasteiger partial charge in [-0.1, -0.05) is 35.9 Å². The molecule has 0 aliphatic rings. The van der Waals surface area contributed by atoms with Gasteiger partial charge in [-0.25, -0.2) is 12.8 Å². The summed E-state index contributed by atoms with van der Waals surface area (Å²) in [6.07, 6.45) is -0.0780. The summed E-state index contributed by atoms with van der Waals surface area (Å²) in [6.45, 7) is 0. The Hall–Kier alpha value is -3.43. The SMILES string of the molecule is O=C(Cc1ccc(F)cc1)NNC(=O)c1ccccc1NS(=O)(=O)c1ccc(Cl)cc1. The maximum absolute atomic E-state index is 12.9. The largest absolute Gasteiger partial charge is 0.279 e. The second-order valence-corrected chi connectivity index (χ2v) is 8.53. The minimum atomic E-state index is -3.97. The standard InChI is InChI=1S/C21H17ClFN3O4S/c22-15-7-11-17(12-8-15)31(29,30)26-19-4-2-1-3-18(19)21(28)25-24-20(27)13-14-5-9-16(23)10-6-14/h1-12,26H,13H2,(H,24,27)(H,25,28). The van der Waals surface area contributed by atoms with Crippen molar-refractivity contribution in [3.8, 4) is 0 Å². The van der Waals surface area contributed by atoms with Crippen molar-refractivity contribution in [2.75, 3.05) is 4.72 Å². The highest BCUT2D eigenvalue weighted by atomic mass is 35.5. The molecule has 3 aromatic rings. The van der Waals surface area contributed by atoms with Crippen LogP contribution in [-0.4, -0.2) is 20.2 Å². The van der Waals surface area contributed by atoms with Crippen LogP contribution in [0, 0.1) is 5.82 Å². The first-order valence-corrected chi connectivity index (χ1v) is 10.8. The van der Waals surface area contributed by atoms with Gasteiger partial charge in [0.2, 0.25) is 5.91 Å². The molecule has 0 spiro atoms. The average Bonchev–Trinajstić information content (AvgIpc) is 2.74. The number of rotatable bonds is 6. The summed E-state index contributed by atoms with van der Waals surface area (Å²) < 4.78 is 40.5. The molecule has 7 nitrogen and oxygen atoms in total. The third-order valence-corrected chi connectivity index (χ3v) is 5.77. The van der Waals surface area contributed by atoms with E-state index in [2.05, 4.69) is 15.6 Å². The van der Waals surface area contributed by atoms with Crippen LogP contribution in [0.3, 0.4) is 0 Å². The lowest BCUT2D eigenvalue weighted by Crippen LogP contribution is -2.42. The maximum Gasteiger partial charge on any atom is 0.271 e. The Kier molecular flexibility index (Phi) is 6.88. The number of halogens is 2. The van der Waals surface area contributed by atoms with Crippen LogP contribution in [-0.2, 0) is 21.2 Å². The molecule has 0 aliphatic carbocycles. The molecule has 3 aromatic carbocycles. The Morgan fingerprint density at radius 2 is 1.52 bits per heavy atom. The van der Waals surface area contributed by atoms with Crippen molar-refractivity contribution in [3.05, 3.63) is 94.8 Å². The van der Waals surface area contributed by atoms with Crippen molar-refractivity contribution < 1.29 is 22.4 Å². The number of benzene rings is 3. The lowest BCUT2D eigenvalue weighted by Gasteiger charge is -2.13. The van der Waals surface area contributed by atoms with E-state index in [9.17, 15) is 22.4 Å². The molecule has 0 unspecified atom stereocenters. The van der Waals surface area contributed by atoms with E-state index < -0.39 is 27.7 Å². The highest BCUT2D eigenvalue weighted by Crippen LogP contribution is 2.21. The van der Waals surface area contributed by atoms with E-state index in [-0.39, 0.29) is 22.6 Å². The zero-order chi connectivity index (χ0) is 22.4. The van der Waals surface area contributed by atoms with Gasteiger partial charge in [0.15, 0.2) is 0 Å². The van der Waals surface area contributed by atoms with Crippen molar-refractivity contribution >= 4 is 39.1 Å². The number of hydrogen-bond acceptors (Lipinski definition) is 4. The Labute approximate surface area is 183 Å². The van der Waals surface area contributed by atoms with Gasteiger partial charge in [0.1, 0.15) is 5.82 Å². The molecule has 0 heterocycles. The third kappa shape index (κ3) is 6.03. The zero-order valence-corrected chi connectivity index (χ0v) is 17.5. The Morgan fingerprint density at radius 3 is 2.19 bits per heavy atom. The molecule has 0 atom stereocenters. The van der Waals surface area contributed by atoms with E-state index in [0.717, 1.165) is 0 Å². The lowest BCUT2D eigenvalue weighted by atomic mass is 10.1. The van der Waals surface area contributed by atoms with Gasteiger partial charge in [0.05, 0.1) is 22.6 Å². The molecule has 3 N–H and O–H groups in total. The molecule has 0 saturated carbocycles. The summed E-state index contributed by atoms with van der Waals surface area (Å²) in [5.41, 5.74) is 5.08. The predicted molar refractivity (Wildman–Crippen MR) is 114 cm³/mol. The highest BCUT2D eigenvalue weighted by molar-refractivity contribution is 7.92. The van der Waals surface area contributed by atoms with Crippen molar-refractivity contribution in [1.82, 2.24) is 10.9 Å². The van der Waals surface area contributed by atoms with Crippen LogP contribution in [0.5, 0.6) is 0 Å². The fraction of sp³-hybridized carbons (Fsp3) is 0.0476. The Bertz CT molecular complexity index is 1200. The highest BCUT2D eigenvalue weighted by Gasteiger charge is 2.19. The average molecular weight is 462 g/mol. The van der Waals surface area contributed by atoms with Gasteiger partial charge in [-0.2, -0.15) is 0 Å². The number of carbonyl (C=O) groups is 2. The first kappa shape index (κ1) is 22.3. The number of anilines is 1. The summed E-state index contributed by atoms with van der Waals surface area (Å²) in [6, 6.07) is 16.8. The minimum absolute atomic E-state index is 0.00196. The molecule has 0 bridgehead atoms. The van der Waals surface area contributed by atoms with Gasteiger partial charge >= 0.3 is 0 Å². The summed E-state index contributed by atoms with van der Waals surface area (Å²) in [5, 5.41) is 0.384. The second-order valence-electron chi connectivity index (χ2n) is 6.41. The fourth-order valence-corrected chi connectivity index (χ4v) is 3.82. The van der Waals surface area contributed by atoms with Crippen molar-refractivity contribution in [2.45, 2.75) is 11.3 Å². The number of carbonyl (C=O) groups excluding carboxylic acids is 2. The van der Waals surface area contributed by atoms with Gasteiger partial charge in [-0.3, -0.25) is 25.2 Å². The number of hydrazine groups is 1. The van der Waals surface area contributed by atoms with E-state index >= 15 is 0 Å². The number of hydrogen-bond donors (Lipinski definition) is 3. The number of nitrogens with one attached hydrogen (secondary N) is 3. The van der Waals surface area contributed by atoms with Gasteiger partial charge < -0.3 is 0 Å². The minimum Gasteiger partial charge on any atom is -0.279 e. The van der Waals surface area contributed by atoms with Crippen molar-refractivity contribution in [3.63, 3.8) is 0 Å². The predicted octanol–water partition coefficient (Wildman–Crippen LogP) is 3.28.